The zero-order valence-corrected chi connectivity index (χ0v) is 15.9. The van der Waals surface area contributed by atoms with Gasteiger partial charge in [0.1, 0.15) is 5.76 Å². The summed E-state index contributed by atoms with van der Waals surface area (Å²) < 4.78 is 8.42. The monoisotopic (exact) mass is 395 g/mol. The van der Waals surface area contributed by atoms with Crippen molar-refractivity contribution in [2.24, 2.45) is 7.05 Å². The van der Waals surface area contributed by atoms with E-state index < -0.39 is 0 Å². The topological polar surface area (TPSA) is 69.2 Å². The highest BCUT2D eigenvalue weighted by Gasteiger charge is 2.15. The van der Waals surface area contributed by atoms with Crippen molar-refractivity contribution in [1.29, 1.82) is 0 Å². The second-order valence-corrected chi connectivity index (χ2v) is 6.89. The van der Waals surface area contributed by atoms with Gasteiger partial charge >= 0.3 is 5.69 Å². The highest BCUT2D eigenvalue weighted by molar-refractivity contribution is 6.31. The van der Waals surface area contributed by atoms with Crippen LogP contribution in [0.15, 0.2) is 70.1 Å². The van der Waals surface area contributed by atoms with Crippen LogP contribution in [0.5, 0.6) is 0 Å². The number of rotatable bonds is 5. The minimum absolute atomic E-state index is 0.164. The van der Waals surface area contributed by atoms with Crippen LogP contribution in [0, 0.1) is 0 Å². The molecule has 0 atom stereocenters. The van der Waals surface area contributed by atoms with Crippen molar-refractivity contribution in [2.75, 3.05) is 0 Å². The molecule has 2 aromatic heterocycles. The Morgan fingerprint density at radius 2 is 1.93 bits per heavy atom. The van der Waals surface area contributed by atoms with Gasteiger partial charge in [-0.2, -0.15) is 0 Å². The van der Waals surface area contributed by atoms with Gasteiger partial charge in [-0.15, -0.1) is 0 Å². The number of benzene rings is 2. The number of amides is 1. The molecule has 7 heteroatoms. The zero-order valence-electron chi connectivity index (χ0n) is 15.2. The first-order chi connectivity index (χ1) is 13.5. The molecular formula is C21H18ClN3O3. The molecular weight excluding hydrogens is 378 g/mol. The van der Waals surface area contributed by atoms with Gasteiger partial charge in [-0.3, -0.25) is 13.9 Å². The summed E-state index contributed by atoms with van der Waals surface area (Å²) in [6.45, 7) is 0.623. The number of nitrogens with zero attached hydrogens (tertiary/aromatic N) is 2. The maximum Gasteiger partial charge on any atom is 0.329 e. The number of nitrogens with one attached hydrogen (secondary N) is 1. The fraction of sp³-hybridized carbons (Fsp3) is 0.143. The fourth-order valence-electron chi connectivity index (χ4n) is 3.18. The maximum atomic E-state index is 12.7. The van der Waals surface area contributed by atoms with Crippen LogP contribution in [0.3, 0.4) is 0 Å². The maximum absolute atomic E-state index is 12.7. The summed E-state index contributed by atoms with van der Waals surface area (Å²) >= 11 is 6.26. The summed E-state index contributed by atoms with van der Waals surface area (Å²) in [4.78, 5) is 25.3. The van der Waals surface area contributed by atoms with Crippen molar-refractivity contribution < 1.29 is 9.21 Å². The molecule has 0 aliphatic carbocycles. The molecule has 4 aromatic rings. The van der Waals surface area contributed by atoms with Crippen molar-refractivity contribution >= 4 is 28.5 Å². The van der Waals surface area contributed by atoms with Crippen LogP contribution >= 0.6 is 11.6 Å². The zero-order chi connectivity index (χ0) is 19.7. The Hall–Kier alpha value is -3.25. The van der Waals surface area contributed by atoms with Gasteiger partial charge in [0.15, 0.2) is 0 Å². The Bertz CT molecular complexity index is 1210. The smallest absolute Gasteiger partial charge is 0.329 e. The van der Waals surface area contributed by atoms with E-state index in [9.17, 15) is 9.59 Å². The van der Waals surface area contributed by atoms with E-state index in [0.717, 1.165) is 11.1 Å². The molecule has 1 N–H and O–H groups in total. The van der Waals surface area contributed by atoms with Gasteiger partial charge in [0.25, 0.3) is 5.91 Å². The number of aromatic nitrogens is 2. The Kier molecular flexibility index (Phi) is 4.79. The van der Waals surface area contributed by atoms with E-state index in [1.54, 1.807) is 58.8 Å². The SMILES string of the molecule is Cn1c(=O)n(Cc2ccccc2Cl)c2cc(C(=O)NCc3ccco3)ccc21. The second-order valence-electron chi connectivity index (χ2n) is 6.48. The number of carbonyl (C=O) groups excluding carboxylic acids is 1. The number of hydrogen-bond donors (Lipinski definition) is 1. The second kappa shape index (κ2) is 7.40. The predicted molar refractivity (Wildman–Crippen MR) is 108 cm³/mol. The van der Waals surface area contributed by atoms with Crippen LogP contribution in [-0.4, -0.2) is 15.0 Å². The summed E-state index contributed by atoms with van der Waals surface area (Å²) in [5.74, 6) is 0.434. The Morgan fingerprint density at radius 3 is 2.68 bits per heavy atom. The third kappa shape index (κ3) is 3.34. The summed E-state index contributed by atoms with van der Waals surface area (Å²) in [6, 6.07) is 16.2. The number of hydrogen-bond acceptors (Lipinski definition) is 3. The van der Waals surface area contributed by atoms with Crippen LogP contribution in [-0.2, 0) is 20.1 Å². The molecule has 2 heterocycles. The van der Waals surface area contributed by atoms with Gasteiger partial charge in [0.2, 0.25) is 0 Å². The Balaban J connectivity index is 1.69. The molecule has 0 spiro atoms. The van der Waals surface area contributed by atoms with E-state index in [1.807, 2.05) is 18.2 Å². The van der Waals surface area contributed by atoms with Crippen molar-refractivity contribution in [3.05, 3.63) is 93.3 Å². The highest BCUT2D eigenvalue weighted by Crippen LogP contribution is 2.20. The highest BCUT2D eigenvalue weighted by atomic mass is 35.5. The average molecular weight is 396 g/mol. The van der Waals surface area contributed by atoms with Crippen LogP contribution < -0.4 is 11.0 Å². The molecule has 4 rings (SSSR count). The van der Waals surface area contributed by atoms with E-state index in [-0.39, 0.29) is 11.6 Å². The molecule has 0 unspecified atom stereocenters. The number of imidazole rings is 1. The van der Waals surface area contributed by atoms with Crippen molar-refractivity contribution in [3.8, 4) is 0 Å². The van der Waals surface area contributed by atoms with Crippen molar-refractivity contribution in [3.63, 3.8) is 0 Å². The molecule has 0 saturated heterocycles. The first-order valence-electron chi connectivity index (χ1n) is 8.78. The lowest BCUT2D eigenvalue weighted by molar-refractivity contribution is 0.0948. The van der Waals surface area contributed by atoms with Crippen LogP contribution in [0.25, 0.3) is 11.0 Å². The predicted octanol–water partition coefficient (Wildman–Crippen LogP) is 3.56. The summed E-state index contributed by atoms with van der Waals surface area (Å²) in [5, 5.41) is 3.41. The minimum atomic E-state index is -0.237. The first kappa shape index (κ1) is 18.1. The molecule has 1 amide bonds. The molecule has 0 fully saturated rings. The Morgan fingerprint density at radius 1 is 1.11 bits per heavy atom. The van der Waals surface area contributed by atoms with E-state index >= 15 is 0 Å². The average Bonchev–Trinajstić information content (AvgIpc) is 3.30. The van der Waals surface area contributed by atoms with Gasteiger partial charge in [-0.05, 0) is 42.0 Å². The Labute approximate surface area is 166 Å². The van der Waals surface area contributed by atoms with Crippen LogP contribution in [0.1, 0.15) is 21.7 Å². The normalized spacial score (nSPS) is 11.1. The van der Waals surface area contributed by atoms with Gasteiger partial charge < -0.3 is 9.73 Å². The lowest BCUT2D eigenvalue weighted by atomic mass is 10.1. The lowest BCUT2D eigenvalue weighted by Gasteiger charge is -2.07. The van der Waals surface area contributed by atoms with Crippen molar-refractivity contribution in [2.45, 2.75) is 13.1 Å². The molecule has 0 aliphatic rings. The lowest BCUT2D eigenvalue weighted by Crippen LogP contribution is -2.23. The number of furan rings is 1. The summed E-state index contributed by atoms with van der Waals surface area (Å²) in [5.41, 5.74) is 2.57. The number of carbonyl (C=O) groups is 1. The van der Waals surface area contributed by atoms with E-state index in [0.29, 0.717) is 35.0 Å². The largest absolute Gasteiger partial charge is 0.467 e. The molecule has 28 heavy (non-hydrogen) atoms. The summed E-state index contributed by atoms with van der Waals surface area (Å²) in [6.07, 6.45) is 1.56. The molecule has 6 nitrogen and oxygen atoms in total. The number of halogens is 1. The van der Waals surface area contributed by atoms with E-state index in [1.165, 1.54) is 0 Å². The third-order valence-electron chi connectivity index (χ3n) is 4.70. The molecule has 0 aliphatic heterocycles. The van der Waals surface area contributed by atoms with Gasteiger partial charge in [-0.1, -0.05) is 29.8 Å². The number of aryl methyl sites for hydroxylation is 1. The summed E-state index contributed by atoms with van der Waals surface area (Å²) in [7, 11) is 1.71. The molecule has 0 radical (unpaired) electrons. The van der Waals surface area contributed by atoms with Gasteiger partial charge in [0.05, 0.1) is 30.4 Å². The van der Waals surface area contributed by atoms with E-state index in [4.69, 9.17) is 16.0 Å². The van der Waals surface area contributed by atoms with Crippen LogP contribution in [0.2, 0.25) is 5.02 Å². The molecule has 0 bridgehead atoms. The standard InChI is InChI=1S/C21H18ClN3O3/c1-24-18-9-8-14(20(26)23-12-16-6-4-10-28-16)11-19(18)25(21(24)27)13-15-5-2-3-7-17(15)22/h2-11H,12-13H2,1H3,(H,23,26). The van der Waals surface area contributed by atoms with Gasteiger partial charge in [-0.25, -0.2) is 4.79 Å². The van der Waals surface area contributed by atoms with Gasteiger partial charge in [0, 0.05) is 17.6 Å². The fourth-order valence-corrected chi connectivity index (χ4v) is 3.38. The van der Waals surface area contributed by atoms with E-state index in [2.05, 4.69) is 5.32 Å². The number of fused-ring (bicyclic) bond motifs is 1. The molecule has 0 saturated carbocycles. The van der Waals surface area contributed by atoms with Crippen LogP contribution in [0.4, 0.5) is 0 Å². The quantitative estimate of drug-likeness (QED) is 0.561. The van der Waals surface area contributed by atoms with Crippen molar-refractivity contribution in [1.82, 2.24) is 14.5 Å². The third-order valence-corrected chi connectivity index (χ3v) is 5.07. The molecule has 2 aromatic carbocycles. The molecule has 142 valence electrons. The minimum Gasteiger partial charge on any atom is -0.467 e. The first-order valence-corrected chi connectivity index (χ1v) is 9.15.